The topological polar surface area (TPSA) is 64.4 Å². The first-order chi connectivity index (χ1) is 8.43. The van der Waals surface area contributed by atoms with Crippen molar-refractivity contribution in [2.75, 3.05) is 5.32 Å². The molecule has 0 fully saturated rings. The van der Waals surface area contributed by atoms with Crippen LogP contribution < -0.4 is 10.1 Å². The molecule has 0 heterocycles. The van der Waals surface area contributed by atoms with Gasteiger partial charge < -0.3 is 10.1 Å². The lowest BCUT2D eigenvalue weighted by molar-refractivity contribution is -0.386. The van der Waals surface area contributed by atoms with Crippen molar-refractivity contribution >= 4 is 11.4 Å². The second-order valence-electron chi connectivity index (χ2n) is 4.14. The molecular weight excluding hydrogens is 232 g/mol. The number of ether oxygens (including phenoxy) is 1. The molecule has 1 atom stereocenters. The molecule has 1 unspecified atom stereocenters. The molecule has 0 aliphatic rings. The zero-order valence-electron chi connectivity index (χ0n) is 10.6. The van der Waals surface area contributed by atoms with Gasteiger partial charge in [-0.1, -0.05) is 5.92 Å². The highest BCUT2D eigenvalue weighted by atomic mass is 16.6. The first-order valence-corrected chi connectivity index (χ1v) is 5.61. The van der Waals surface area contributed by atoms with Gasteiger partial charge in [0.25, 0.3) is 0 Å². The Hall–Kier alpha value is -2.22. The van der Waals surface area contributed by atoms with Gasteiger partial charge in [0.15, 0.2) is 5.75 Å². The van der Waals surface area contributed by atoms with E-state index in [1.165, 1.54) is 6.07 Å². The molecule has 0 aliphatic carbocycles. The SMILES string of the molecule is C#CC(C)Nc1ccc([N+](=O)[O-])c(OC(C)C)c1. The summed E-state index contributed by atoms with van der Waals surface area (Å²) in [5.41, 5.74) is 0.643. The maximum Gasteiger partial charge on any atom is 0.311 e. The van der Waals surface area contributed by atoms with Crippen LogP contribution in [0.1, 0.15) is 20.8 Å². The van der Waals surface area contributed by atoms with E-state index >= 15 is 0 Å². The van der Waals surface area contributed by atoms with Crippen LogP contribution in [0.5, 0.6) is 5.75 Å². The summed E-state index contributed by atoms with van der Waals surface area (Å²) in [5, 5.41) is 13.9. The summed E-state index contributed by atoms with van der Waals surface area (Å²) in [6.45, 7) is 5.45. The standard InChI is InChI=1S/C13H16N2O3/c1-5-10(4)14-11-6-7-12(15(16)17)13(8-11)18-9(2)3/h1,6-10,14H,2-4H3. The Morgan fingerprint density at radius 3 is 2.61 bits per heavy atom. The summed E-state index contributed by atoms with van der Waals surface area (Å²) in [4.78, 5) is 10.4. The lowest BCUT2D eigenvalue weighted by atomic mass is 10.2. The number of anilines is 1. The third-order valence-electron chi connectivity index (χ3n) is 2.15. The van der Waals surface area contributed by atoms with Crippen LogP contribution in [0.4, 0.5) is 11.4 Å². The molecule has 0 aromatic heterocycles. The number of benzene rings is 1. The fourth-order valence-corrected chi connectivity index (χ4v) is 1.39. The van der Waals surface area contributed by atoms with Crippen LogP contribution >= 0.6 is 0 Å². The fraction of sp³-hybridized carbons (Fsp3) is 0.385. The van der Waals surface area contributed by atoms with Crippen LogP contribution in [0.15, 0.2) is 18.2 Å². The predicted octanol–water partition coefficient (Wildman–Crippen LogP) is 2.82. The van der Waals surface area contributed by atoms with Gasteiger partial charge in [-0.05, 0) is 26.8 Å². The summed E-state index contributed by atoms with van der Waals surface area (Å²) < 4.78 is 5.43. The lowest BCUT2D eigenvalue weighted by Gasteiger charge is -2.13. The molecule has 0 amide bonds. The molecule has 5 heteroatoms. The Kier molecular flexibility index (Phi) is 4.55. The van der Waals surface area contributed by atoms with Gasteiger partial charge >= 0.3 is 5.69 Å². The van der Waals surface area contributed by atoms with Crippen molar-refractivity contribution in [3.05, 3.63) is 28.3 Å². The number of hydrogen-bond acceptors (Lipinski definition) is 4. The van der Waals surface area contributed by atoms with E-state index < -0.39 is 4.92 Å². The second-order valence-corrected chi connectivity index (χ2v) is 4.14. The quantitative estimate of drug-likeness (QED) is 0.494. The van der Waals surface area contributed by atoms with Crippen LogP contribution in [-0.2, 0) is 0 Å². The zero-order valence-corrected chi connectivity index (χ0v) is 10.6. The number of hydrogen-bond donors (Lipinski definition) is 1. The van der Waals surface area contributed by atoms with Crippen LogP contribution in [0, 0.1) is 22.5 Å². The summed E-state index contributed by atoms with van der Waals surface area (Å²) in [6, 6.07) is 4.45. The van der Waals surface area contributed by atoms with Crippen molar-refractivity contribution in [1.82, 2.24) is 0 Å². The molecule has 96 valence electrons. The van der Waals surface area contributed by atoms with E-state index in [1.54, 1.807) is 12.1 Å². The first kappa shape index (κ1) is 13.8. The van der Waals surface area contributed by atoms with E-state index in [0.29, 0.717) is 5.69 Å². The third-order valence-corrected chi connectivity index (χ3v) is 2.15. The number of nitro groups is 1. The van der Waals surface area contributed by atoms with Crippen molar-refractivity contribution in [2.45, 2.75) is 32.9 Å². The highest BCUT2D eigenvalue weighted by Gasteiger charge is 2.17. The molecule has 0 spiro atoms. The van der Waals surface area contributed by atoms with E-state index in [-0.39, 0.29) is 23.6 Å². The number of rotatable bonds is 5. The lowest BCUT2D eigenvalue weighted by Crippen LogP contribution is -2.13. The summed E-state index contributed by atoms with van der Waals surface area (Å²) in [7, 11) is 0. The van der Waals surface area contributed by atoms with Gasteiger partial charge in [0.2, 0.25) is 0 Å². The van der Waals surface area contributed by atoms with Gasteiger partial charge in [0, 0.05) is 17.8 Å². The van der Waals surface area contributed by atoms with Gasteiger partial charge in [0.1, 0.15) is 0 Å². The average Bonchev–Trinajstić information content (AvgIpc) is 2.27. The molecule has 1 rings (SSSR count). The van der Waals surface area contributed by atoms with Gasteiger partial charge in [-0.15, -0.1) is 6.42 Å². The maximum atomic E-state index is 10.9. The Morgan fingerprint density at radius 1 is 1.44 bits per heavy atom. The third kappa shape index (κ3) is 3.67. The van der Waals surface area contributed by atoms with Crippen molar-refractivity contribution in [1.29, 1.82) is 0 Å². The number of nitro benzene ring substituents is 1. The smallest absolute Gasteiger partial charge is 0.311 e. The molecule has 0 aliphatic heterocycles. The monoisotopic (exact) mass is 248 g/mol. The van der Waals surface area contributed by atoms with Gasteiger partial charge in [-0.25, -0.2) is 0 Å². The predicted molar refractivity (Wildman–Crippen MR) is 70.8 cm³/mol. The van der Waals surface area contributed by atoms with Crippen molar-refractivity contribution in [2.24, 2.45) is 0 Å². The minimum Gasteiger partial charge on any atom is -0.484 e. The van der Waals surface area contributed by atoms with Crippen molar-refractivity contribution < 1.29 is 9.66 Å². The van der Waals surface area contributed by atoms with Gasteiger partial charge in [-0.3, -0.25) is 10.1 Å². The highest BCUT2D eigenvalue weighted by molar-refractivity contribution is 5.58. The highest BCUT2D eigenvalue weighted by Crippen LogP contribution is 2.31. The first-order valence-electron chi connectivity index (χ1n) is 5.61. The van der Waals surface area contributed by atoms with Crippen LogP contribution in [0.3, 0.4) is 0 Å². The normalized spacial score (nSPS) is 11.7. The number of nitrogens with zero attached hydrogens (tertiary/aromatic N) is 1. The molecule has 0 saturated heterocycles. The van der Waals surface area contributed by atoms with Crippen molar-refractivity contribution in [3.8, 4) is 18.1 Å². The van der Waals surface area contributed by atoms with E-state index in [9.17, 15) is 10.1 Å². The van der Waals surface area contributed by atoms with E-state index in [2.05, 4.69) is 11.2 Å². The molecule has 1 aromatic rings. The molecule has 0 radical (unpaired) electrons. The number of terminal acetylenes is 1. The van der Waals surface area contributed by atoms with E-state index in [1.807, 2.05) is 20.8 Å². The number of nitrogens with one attached hydrogen (secondary N) is 1. The van der Waals surface area contributed by atoms with Crippen LogP contribution in [0.2, 0.25) is 0 Å². The molecule has 5 nitrogen and oxygen atoms in total. The molecular formula is C13H16N2O3. The minimum atomic E-state index is -0.466. The van der Waals surface area contributed by atoms with E-state index in [0.717, 1.165) is 0 Å². The van der Waals surface area contributed by atoms with Gasteiger partial charge in [0.05, 0.1) is 17.1 Å². The maximum absolute atomic E-state index is 10.9. The van der Waals surface area contributed by atoms with E-state index in [4.69, 9.17) is 11.2 Å². The molecule has 0 saturated carbocycles. The van der Waals surface area contributed by atoms with Crippen molar-refractivity contribution in [3.63, 3.8) is 0 Å². The van der Waals surface area contributed by atoms with Crippen LogP contribution in [-0.4, -0.2) is 17.1 Å². The Labute approximate surface area is 106 Å². The molecule has 1 aromatic carbocycles. The summed E-state index contributed by atoms with van der Waals surface area (Å²) in [5.74, 6) is 2.77. The summed E-state index contributed by atoms with van der Waals surface area (Å²) in [6.07, 6.45) is 5.13. The average molecular weight is 248 g/mol. The largest absolute Gasteiger partial charge is 0.484 e. The fourth-order valence-electron chi connectivity index (χ4n) is 1.39. The van der Waals surface area contributed by atoms with Crippen LogP contribution in [0.25, 0.3) is 0 Å². The molecule has 1 N–H and O–H groups in total. The Balaban J connectivity index is 3.05. The molecule has 18 heavy (non-hydrogen) atoms. The zero-order chi connectivity index (χ0) is 13.7. The van der Waals surface area contributed by atoms with Gasteiger partial charge in [-0.2, -0.15) is 0 Å². The second kappa shape index (κ2) is 5.92. The summed E-state index contributed by atoms with van der Waals surface area (Å²) >= 11 is 0. The Morgan fingerprint density at radius 2 is 2.11 bits per heavy atom. The Bertz CT molecular complexity index is 478. The minimum absolute atomic E-state index is 0.0531. The molecule has 0 bridgehead atoms.